The van der Waals surface area contributed by atoms with Gasteiger partial charge in [0.15, 0.2) is 0 Å². The maximum Gasteiger partial charge on any atom is 0.242 e. The van der Waals surface area contributed by atoms with Gasteiger partial charge in [-0.1, -0.05) is 58.4 Å². The van der Waals surface area contributed by atoms with E-state index in [-0.39, 0.29) is 11.8 Å². The molecule has 0 fully saturated rings. The van der Waals surface area contributed by atoms with Gasteiger partial charge in [0.2, 0.25) is 11.8 Å². The minimum Gasteiger partial charge on any atom is -0.355 e. The number of hydrogen-bond acceptors (Lipinski definition) is 2. The smallest absolute Gasteiger partial charge is 0.242 e. The van der Waals surface area contributed by atoms with Crippen molar-refractivity contribution in [3.05, 3.63) is 70.2 Å². The van der Waals surface area contributed by atoms with Gasteiger partial charge in [0.25, 0.3) is 0 Å². The van der Waals surface area contributed by atoms with Crippen LogP contribution in [-0.4, -0.2) is 29.3 Å². The van der Waals surface area contributed by atoms with Gasteiger partial charge >= 0.3 is 0 Å². The summed E-state index contributed by atoms with van der Waals surface area (Å²) in [4.78, 5) is 26.8. The van der Waals surface area contributed by atoms with E-state index in [0.29, 0.717) is 25.9 Å². The van der Waals surface area contributed by atoms with Crippen molar-refractivity contribution in [1.82, 2.24) is 10.2 Å². The molecule has 2 rings (SSSR count). The molecule has 0 bridgehead atoms. The van der Waals surface area contributed by atoms with E-state index in [1.807, 2.05) is 61.5 Å². The summed E-state index contributed by atoms with van der Waals surface area (Å²) in [5, 5.41) is 2.81. The van der Waals surface area contributed by atoms with Crippen molar-refractivity contribution in [1.29, 1.82) is 0 Å². The molecular formula is C21H25BrN2O2. The van der Waals surface area contributed by atoms with Crippen LogP contribution in [0.25, 0.3) is 0 Å². The van der Waals surface area contributed by atoms with Crippen molar-refractivity contribution in [2.24, 2.45) is 0 Å². The van der Waals surface area contributed by atoms with Crippen LogP contribution < -0.4 is 5.32 Å². The Kier molecular flexibility index (Phi) is 7.85. The number of amides is 2. The Labute approximate surface area is 163 Å². The predicted octanol–water partition coefficient (Wildman–Crippen LogP) is 3.94. The Bertz CT molecular complexity index is 717. The maximum atomic E-state index is 12.9. The zero-order chi connectivity index (χ0) is 18.9. The molecule has 0 unspecified atom stereocenters. The van der Waals surface area contributed by atoms with Crippen LogP contribution in [0, 0.1) is 0 Å². The van der Waals surface area contributed by atoms with Crippen molar-refractivity contribution in [2.45, 2.75) is 39.3 Å². The molecule has 0 spiro atoms. The molecule has 2 aromatic carbocycles. The summed E-state index contributed by atoms with van der Waals surface area (Å²) < 4.78 is 0.986. The first-order chi connectivity index (χ1) is 12.5. The summed E-state index contributed by atoms with van der Waals surface area (Å²) in [6.07, 6.45) is 1.04. The Hall–Kier alpha value is -2.14. The number of rotatable bonds is 8. The Balaban J connectivity index is 2.11. The fourth-order valence-electron chi connectivity index (χ4n) is 2.73. The molecule has 2 aromatic rings. The number of nitrogens with one attached hydrogen (secondary N) is 1. The Morgan fingerprint density at radius 2 is 1.69 bits per heavy atom. The minimum atomic E-state index is -0.512. The van der Waals surface area contributed by atoms with Gasteiger partial charge in [0.1, 0.15) is 6.04 Å². The lowest BCUT2D eigenvalue weighted by molar-refractivity contribution is -0.140. The molecule has 0 radical (unpaired) electrons. The molecule has 0 saturated heterocycles. The van der Waals surface area contributed by atoms with Gasteiger partial charge in [-0.2, -0.15) is 0 Å². The second-order valence-electron chi connectivity index (χ2n) is 6.20. The van der Waals surface area contributed by atoms with Crippen LogP contribution in [0.4, 0.5) is 0 Å². The van der Waals surface area contributed by atoms with Gasteiger partial charge in [-0.15, -0.1) is 0 Å². The fourth-order valence-corrected chi connectivity index (χ4v) is 2.99. The standard InChI is InChI=1S/C21H25BrN2O2/c1-3-23-21(26)16(2)24(15-18-9-12-19(22)13-10-18)20(25)14-11-17-7-5-4-6-8-17/h4-10,12-13,16H,3,11,14-15H2,1-2H3,(H,23,26)/t16-/m1/s1. The van der Waals surface area contributed by atoms with E-state index < -0.39 is 6.04 Å². The molecular weight excluding hydrogens is 392 g/mol. The zero-order valence-corrected chi connectivity index (χ0v) is 16.8. The van der Waals surface area contributed by atoms with E-state index in [0.717, 1.165) is 15.6 Å². The summed E-state index contributed by atoms with van der Waals surface area (Å²) in [5.41, 5.74) is 2.12. The molecule has 0 heterocycles. The fraction of sp³-hybridized carbons (Fsp3) is 0.333. The lowest BCUT2D eigenvalue weighted by atomic mass is 10.1. The zero-order valence-electron chi connectivity index (χ0n) is 15.2. The van der Waals surface area contributed by atoms with E-state index in [1.165, 1.54) is 0 Å². The second-order valence-corrected chi connectivity index (χ2v) is 7.12. The Morgan fingerprint density at radius 3 is 2.31 bits per heavy atom. The molecule has 1 atom stereocenters. The largest absolute Gasteiger partial charge is 0.355 e. The van der Waals surface area contributed by atoms with Gasteiger partial charge in [-0.05, 0) is 43.5 Å². The maximum absolute atomic E-state index is 12.9. The molecule has 0 aromatic heterocycles. The van der Waals surface area contributed by atoms with Gasteiger partial charge in [0, 0.05) is 24.0 Å². The average molecular weight is 417 g/mol. The van der Waals surface area contributed by atoms with Crippen LogP contribution in [0.3, 0.4) is 0 Å². The third-order valence-corrected chi connectivity index (χ3v) is 4.78. The summed E-state index contributed by atoms with van der Waals surface area (Å²) >= 11 is 3.42. The predicted molar refractivity (Wildman–Crippen MR) is 108 cm³/mol. The number of halogens is 1. The number of benzene rings is 2. The molecule has 26 heavy (non-hydrogen) atoms. The molecule has 5 heteroatoms. The molecule has 2 amide bonds. The van der Waals surface area contributed by atoms with Gasteiger partial charge in [-0.25, -0.2) is 0 Å². The third-order valence-electron chi connectivity index (χ3n) is 4.25. The number of likely N-dealkylation sites (N-methyl/N-ethyl adjacent to an activating group) is 1. The van der Waals surface area contributed by atoms with Crippen LogP contribution in [0.15, 0.2) is 59.1 Å². The molecule has 1 N–H and O–H groups in total. The molecule has 0 aliphatic heterocycles. The molecule has 0 saturated carbocycles. The van der Waals surface area contributed by atoms with Crippen LogP contribution in [0.5, 0.6) is 0 Å². The van der Waals surface area contributed by atoms with Crippen LogP contribution in [-0.2, 0) is 22.6 Å². The average Bonchev–Trinajstić information content (AvgIpc) is 2.66. The lowest BCUT2D eigenvalue weighted by Gasteiger charge is -2.29. The SMILES string of the molecule is CCNC(=O)[C@@H](C)N(Cc1ccc(Br)cc1)C(=O)CCc1ccccc1. The minimum absolute atomic E-state index is 0.0180. The normalized spacial score (nSPS) is 11.7. The number of carbonyl (C=O) groups excluding carboxylic acids is 2. The molecule has 0 aliphatic rings. The van der Waals surface area contributed by atoms with Crippen molar-refractivity contribution in [3.8, 4) is 0 Å². The monoisotopic (exact) mass is 416 g/mol. The van der Waals surface area contributed by atoms with E-state index in [1.54, 1.807) is 11.8 Å². The third kappa shape index (κ3) is 5.99. The van der Waals surface area contributed by atoms with Crippen molar-refractivity contribution < 1.29 is 9.59 Å². The number of aryl methyl sites for hydroxylation is 1. The van der Waals surface area contributed by atoms with Crippen molar-refractivity contribution >= 4 is 27.7 Å². The molecule has 0 aliphatic carbocycles. The van der Waals surface area contributed by atoms with Crippen LogP contribution in [0.1, 0.15) is 31.4 Å². The van der Waals surface area contributed by atoms with E-state index in [4.69, 9.17) is 0 Å². The number of hydrogen-bond donors (Lipinski definition) is 1. The van der Waals surface area contributed by atoms with Gasteiger partial charge in [-0.3, -0.25) is 9.59 Å². The highest BCUT2D eigenvalue weighted by Crippen LogP contribution is 2.15. The van der Waals surface area contributed by atoms with E-state index in [9.17, 15) is 9.59 Å². The summed E-state index contributed by atoms with van der Waals surface area (Å²) in [5.74, 6) is -0.145. The van der Waals surface area contributed by atoms with Crippen LogP contribution in [0.2, 0.25) is 0 Å². The topological polar surface area (TPSA) is 49.4 Å². The number of nitrogens with zero attached hydrogens (tertiary/aromatic N) is 1. The Morgan fingerprint density at radius 1 is 1.04 bits per heavy atom. The summed E-state index contributed by atoms with van der Waals surface area (Å²) in [7, 11) is 0. The van der Waals surface area contributed by atoms with E-state index >= 15 is 0 Å². The quantitative estimate of drug-likeness (QED) is 0.708. The number of carbonyl (C=O) groups is 2. The molecule has 4 nitrogen and oxygen atoms in total. The highest BCUT2D eigenvalue weighted by molar-refractivity contribution is 9.10. The summed E-state index contributed by atoms with van der Waals surface area (Å²) in [6, 6.07) is 17.2. The van der Waals surface area contributed by atoms with E-state index in [2.05, 4.69) is 21.2 Å². The van der Waals surface area contributed by atoms with Crippen molar-refractivity contribution in [3.63, 3.8) is 0 Å². The lowest BCUT2D eigenvalue weighted by Crippen LogP contribution is -2.47. The molecule has 138 valence electrons. The summed E-state index contributed by atoms with van der Waals surface area (Å²) in [6.45, 7) is 4.62. The van der Waals surface area contributed by atoms with Gasteiger partial charge < -0.3 is 10.2 Å². The van der Waals surface area contributed by atoms with Crippen LogP contribution >= 0.6 is 15.9 Å². The highest BCUT2D eigenvalue weighted by atomic mass is 79.9. The van der Waals surface area contributed by atoms with Crippen molar-refractivity contribution in [2.75, 3.05) is 6.54 Å². The first-order valence-corrected chi connectivity index (χ1v) is 9.66. The second kappa shape index (κ2) is 10.1. The highest BCUT2D eigenvalue weighted by Gasteiger charge is 2.25. The first-order valence-electron chi connectivity index (χ1n) is 8.86. The first kappa shape index (κ1) is 20.2. The van der Waals surface area contributed by atoms with Gasteiger partial charge in [0.05, 0.1) is 0 Å².